The van der Waals surface area contributed by atoms with Gasteiger partial charge in [-0.05, 0) is 37.9 Å². The third kappa shape index (κ3) is 7.10. The molecule has 1 amide bonds. The molecule has 0 fully saturated rings. The predicted molar refractivity (Wildman–Crippen MR) is 97.6 cm³/mol. The van der Waals surface area contributed by atoms with Crippen molar-refractivity contribution in [2.45, 2.75) is 13.8 Å². The molecule has 0 unspecified atom stereocenters. The van der Waals surface area contributed by atoms with Gasteiger partial charge >= 0.3 is 27.3 Å². The molecule has 1 heterocycles. The number of azo groups is 1. The van der Waals surface area contributed by atoms with Gasteiger partial charge in [0.25, 0.3) is 5.91 Å². The van der Waals surface area contributed by atoms with Gasteiger partial charge in [-0.1, -0.05) is 35.9 Å². The minimum atomic E-state index is -1.08. The van der Waals surface area contributed by atoms with Crippen molar-refractivity contribution in [3.63, 3.8) is 0 Å². The van der Waals surface area contributed by atoms with Crippen LogP contribution in [0.1, 0.15) is 12.5 Å². The summed E-state index contributed by atoms with van der Waals surface area (Å²) in [5, 5.41) is 31.8. The standard InChI is InChI=1S/C17H16N4O2.C2H4O2.Cd/c1-11-6-8-12(9-7-11)18-10-15(22)20-21-16-13-4-2-3-5-14(13)19-17(16)23;1-2(3)4;/h2-9,18-19,23H,10H2,1H3;1H3,(H,3,4);/q;;+2/p-2. The smallest absolute Gasteiger partial charge is 0.859 e. The zero-order chi connectivity index (χ0) is 19.8. The van der Waals surface area contributed by atoms with Crippen LogP contribution < -0.4 is 15.5 Å². The number of aromatic amines is 1. The maximum absolute atomic E-state index is 11.8. The maximum Gasteiger partial charge on any atom is 2.00 e. The van der Waals surface area contributed by atoms with Crippen molar-refractivity contribution in [1.82, 2.24) is 4.98 Å². The van der Waals surface area contributed by atoms with E-state index in [1.54, 1.807) is 18.2 Å². The van der Waals surface area contributed by atoms with Crippen molar-refractivity contribution in [1.29, 1.82) is 0 Å². The second-order valence-electron chi connectivity index (χ2n) is 5.65. The van der Waals surface area contributed by atoms with Crippen LogP contribution in [0.4, 0.5) is 11.4 Å². The van der Waals surface area contributed by atoms with Crippen molar-refractivity contribution >= 4 is 34.2 Å². The molecule has 0 aliphatic carbocycles. The van der Waals surface area contributed by atoms with Crippen LogP contribution in [-0.2, 0) is 36.9 Å². The van der Waals surface area contributed by atoms with E-state index in [1.807, 2.05) is 37.3 Å². The molecule has 0 saturated carbocycles. The Morgan fingerprint density at radius 1 is 1.11 bits per heavy atom. The quantitative estimate of drug-likeness (QED) is 0.437. The summed E-state index contributed by atoms with van der Waals surface area (Å²) in [5.41, 5.74) is 2.81. The van der Waals surface area contributed by atoms with Crippen molar-refractivity contribution in [3.8, 4) is 5.88 Å². The molecule has 1 aromatic heterocycles. The van der Waals surface area contributed by atoms with Gasteiger partial charge < -0.3 is 25.3 Å². The van der Waals surface area contributed by atoms with E-state index in [0.717, 1.165) is 18.2 Å². The van der Waals surface area contributed by atoms with Gasteiger partial charge in [0.2, 0.25) is 0 Å². The molecule has 0 saturated heterocycles. The minimum absolute atomic E-state index is 0. The first-order valence-electron chi connectivity index (χ1n) is 8.07. The Balaban J connectivity index is 0.000000717. The molecule has 140 valence electrons. The van der Waals surface area contributed by atoms with E-state index in [0.29, 0.717) is 10.9 Å². The number of aryl methyl sites for hydroxylation is 1. The van der Waals surface area contributed by atoms with Crippen LogP contribution in [0.3, 0.4) is 0 Å². The molecular weight excluding hydrogens is 461 g/mol. The van der Waals surface area contributed by atoms with Crippen LogP contribution in [0.25, 0.3) is 10.9 Å². The van der Waals surface area contributed by atoms with Crippen molar-refractivity contribution in [2.24, 2.45) is 10.2 Å². The molecule has 28 heavy (non-hydrogen) atoms. The van der Waals surface area contributed by atoms with Gasteiger partial charge in [0.1, 0.15) is 5.69 Å². The number of carboxylic acid groups (broad SMARTS) is 1. The summed E-state index contributed by atoms with van der Waals surface area (Å²) in [6.07, 6.45) is 0. The maximum atomic E-state index is 11.8. The number of para-hydroxylation sites is 1. The number of anilines is 1. The predicted octanol–water partition coefficient (Wildman–Crippen LogP) is 2.03. The van der Waals surface area contributed by atoms with E-state index < -0.39 is 11.9 Å². The third-order valence-electron chi connectivity index (χ3n) is 3.40. The number of benzene rings is 2. The van der Waals surface area contributed by atoms with E-state index in [1.165, 1.54) is 0 Å². The molecule has 0 atom stereocenters. The fourth-order valence-corrected chi connectivity index (χ4v) is 2.19. The van der Waals surface area contributed by atoms with Gasteiger partial charge in [-0.25, -0.2) is 0 Å². The van der Waals surface area contributed by atoms with Gasteiger partial charge in [0.15, 0.2) is 0 Å². The summed E-state index contributed by atoms with van der Waals surface area (Å²) in [6, 6.07) is 14.8. The second kappa shape index (κ2) is 11.2. The summed E-state index contributed by atoms with van der Waals surface area (Å²) in [5.74, 6) is -1.88. The molecule has 9 heteroatoms. The number of rotatable bonds is 4. The van der Waals surface area contributed by atoms with Crippen molar-refractivity contribution in [3.05, 3.63) is 54.1 Å². The fraction of sp³-hybridized carbons (Fsp3) is 0.158. The van der Waals surface area contributed by atoms with Crippen LogP contribution in [-0.4, -0.2) is 23.4 Å². The number of nitrogens with one attached hydrogen (secondary N) is 2. The average molecular weight is 479 g/mol. The number of amides is 1. The van der Waals surface area contributed by atoms with E-state index in [2.05, 4.69) is 20.5 Å². The zero-order valence-electron chi connectivity index (χ0n) is 15.6. The number of carbonyl (C=O) groups excluding carboxylic acids is 2. The average Bonchev–Trinajstić information content (AvgIpc) is 2.94. The van der Waals surface area contributed by atoms with Crippen LogP contribution in [0, 0.1) is 6.92 Å². The number of hydrogen-bond donors (Lipinski definition) is 2. The third-order valence-corrected chi connectivity index (χ3v) is 3.40. The van der Waals surface area contributed by atoms with E-state index in [9.17, 15) is 9.90 Å². The molecule has 0 aliphatic heterocycles. The van der Waals surface area contributed by atoms with Crippen molar-refractivity contribution in [2.75, 3.05) is 11.9 Å². The van der Waals surface area contributed by atoms with Gasteiger partial charge in [-0.3, -0.25) is 4.79 Å². The van der Waals surface area contributed by atoms with E-state index in [-0.39, 0.29) is 45.4 Å². The molecule has 0 spiro atoms. The molecule has 3 rings (SSSR count). The van der Waals surface area contributed by atoms with E-state index in [4.69, 9.17) is 9.90 Å². The Bertz CT molecular complexity index is 964. The number of aliphatic carboxylic acids is 1. The number of hydrogen-bond acceptors (Lipinski definition) is 6. The van der Waals surface area contributed by atoms with Gasteiger partial charge in [0.05, 0.1) is 6.54 Å². The number of H-pyrrole nitrogens is 1. The van der Waals surface area contributed by atoms with Crippen LogP contribution in [0.5, 0.6) is 5.88 Å². The molecule has 0 aliphatic rings. The summed E-state index contributed by atoms with van der Waals surface area (Å²) < 4.78 is 0. The SMILES string of the molecule is CC(=O)[O-].Cc1ccc(NCC(=O)N=Nc2c([O-])[nH]c3ccccc23)cc1.[Cd+2]. The largest absolute Gasteiger partial charge is 2.00 e. The van der Waals surface area contributed by atoms with Gasteiger partial charge in [0, 0.05) is 22.6 Å². The first kappa shape index (κ1) is 23.3. The Labute approximate surface area is 181 Å². The minimum Gasteiger partial charge on any atom is -0.859 e. The van der Waals surface area contributed by atoms with Gasteiger partial charge in [-0.2, -0.15) is 0 Å². The molecule has 2 aromatic carbocycles. The number of carboxylic acids is 1. The van der Waals surface area contributed by atoms with Crippen LogP contribution in [0.15, 0.2) is 58.8 Å². The summed E-state index contributed by atoms with van der Waals surface area (Å²) in [7, 11) is 0. The number of fused-ring (bicyclic) bond motifs is 1. The normalized spacial score (nSPS) is 10.1. The summed E-state index contributed by atoms with van der Waals surface area (Å²) in [6.45, 7) is 2.98. The number of nitrogens with zero attached hydrogens (tertiary/aromatic N) is 2. The van der Waals surface area contributed by atoms with E-state index >= 15 is 0 Å². The molecule has 8 nitrogen and oxygen atoms in total. The van der Waals surface area contributed by atoms with Crippen molar-refractivity contribution < 1.29 is 47.1 Å². The molecule has 0 bridgehead atoms. The molecule has 3 aromatic rings. The molecule has 0 radical (unpaired) electrons. The first-order chi connectivity index (χ1) is 12.9. The summed E-state index contributed by atoms with van der Waals surface area (Å²) in [4.78, 5) is 23.4. The second-order valence-corrected chi connectivity index (χ2v) is 5.65. The Morgan fingerprint density at radius 3 is 2.36 bits per heavy atom. The number of carbonyl (C=O) groups is 2. The Kier molecular flexibility index (Phi) is 9.29. The first-order valence-corrected chi connectivity index (χ1v) is 8.07. The Morgan fingerprint density at radius 2 is 1.71 bits per heavy atom. The van der Waals surface area contributed by atoms with Gasteiger partial charge in [-0.15, -0.1) is 10.2 Å². The Hall–Kier alpha value is -2.76. The fourth-order valence-electron chi connectivity index (χ4n) is 2.19. The van der Waals surface area contributed by atoms with Crippen LogP contribution >= 0.6 is 0 Å². The zero-order valence-corrected chi connectivity index (χ0v) is 19.6. The molecule has 2 N–H and O–H groups in total. The summed E-state index contributed by atoms with van der Waals surface area (Å²) >= 11 is 0. The topological polar surface area (TPSA) is 133 Å². The number of aromatic nitrogens is 1. The monoisotopic (exact) mass is 480 g/mol. The molecular formula is C19H18CdN4O4. The van der Waals surface area contributed by atoms with Crippen LogP contribution in [0.2, 0.25) is 0 Å².